The molecule has 1 nitrogen and oxygen atoms in total. The Morgan fingerprint density at radius 3 is 2.60 bits per heavy atom. The molecule has 0 unspecified atom stereocenters. The van der Waals surface area contributed by atoms with Gasteiger partial charge in [0.25, 0.3) is 0 Å². The van der Waals surface area contributed by atoms with Crippen LogP contribution in [0.2, 0.25) is 0 Å². The van der Waals surface area contributed by atoms with Crippen LogP contribution in [0.25, 0.3) is 0 Å². The molecular weight excluding hydrogens is 184 g/mol. The van der Waals surface area contributed by atoms with Gasteiger partial charge in [0.05, 0.1) is 6.10 Å². The van der Waals surface area contributed by atoms with Gasteiger partial charge in [0.1, 0.15) is 0 Å². The minimum absolute atomic E-state index is 0.311. The summed E-state index contributed by atoms with van der Waals surface area (Å²) in [6.07, 6.45) is 4.51. The van der Waals surface area contributed by atoms with Gasteiger partial charge in [0.15, 0.2) is 0 Å². The maximum absolute atomic E-state index is 9.51. The molecule has 0 saturated carbocycles. The van der Waals surface area contributed by atoms with Gasteiger partial charge in [0.2, 0.25) is 0 Å². The van der Waals surface area contributed by atoms with Gasteiger partial charge in [-0.05, 0) is 30.7 Å². The Morgan fingerprint density at radius 1 is 1.33 bits per heavy atom. The predicted molar refractivity (Wildman–Crippen MR) is 64.7 cm³/mol. The van der Waals surface area contributed by atoms with Gasteiger partial charge >= 0.3 is 0 Å². The molecule has 0 amide bonds. The lowest BCUT2D eigenvalue weighted by atomic mass is 9.96. The van der Waals surface area contributed by atoms with E-state index < -0.39 is 0 Å². The normalized spacial score (nSPS) is 14.5. The number of aryl methyl sites for hydroxylation is 1. The first-order chi connectivity index (χ1) is 7.24. The molecule has 0 radical (unpaired) electrons. The molecule has 0 aliphatic heterocycles. The van der Waals surface area contributed by atoms with Crippen molar-refractivity contribution >= 4 is 0 Å². The molecule has 1 aromatic carbocycles. The first kappa shape index (κ1) is 12.0. The van der Waals surface area contributed by atoms with E-state index in [0.29, 0.717) is 5.92 Å². The zero-order chi connectivity index (χ0) is 11.1. The van der Waals surface area contributed by atoms with Crippen LogP contribution in [0.5, 0.6) is 0 Å². The average molecular weight is 204 g/mol. The summed E-state index contributed by atoms with van der Waals surface area (Å²) >= 11 is 0. The second kappa shape index (κ2) is 6.41. The standard InChI is InChI=1S/C14H20O/c1-3-14(15)12(2)8-7-11-13-9-5-4-6-10-13/h3-6,9-10,12,14-15H,1,7-8,11H2,2H3/t12-,14-/m0/s1. The molecule has 0 heterocycles. The minimum Gasteiger partial charge on any atom is -0.389 e. The van der Waals surface area contributed by atoms with E-state index in [1.165, 1.54) is 5.56 Å². The van der Waals surface area contributed by atoms with Crippen LogP contribution < -0.4 is 0 Å². The zero-order valence-electron chi connectivity index (χ0n) is 9.39. The molecule has 1 rings (SSSR count). The third-order valence-corrected chi connectivity index (χ3v) is 2.79. The van der Waals surface area contributed by atoms with Crippen molar-refractivity contribution in [2.45, 2.75) is 32.3 Å². The first-order valence-electron chi connectivity index (χ1n) is 5.58. The first-order valence-corrected chi connectivity index (χ1v) is 5.58. The van der Waals surface area contributed by atoms with Crippen LogP contribution in [0.4, 0.5) is 0 Å². The smallest absolute Gasteiger partial charge is 0.0743 e. The van der Waals surface area contributed by atoms with Crippen molar-refractivity contribution in [1.82, 2.24) is 0 Å². The SMILES string of the molecule is C=C[C@H](O)[C@@H](C)CCCc1ccccc1. The van der Waals surface area contributed by atoms with Gasteiger partial charge in [0, 0.05) is 0 Å². The maximum atomic E-state index is 9.51. The Hall–Kier alpha value is -1.08. The summed E-state index contributed by atoms with van der Waals surface area (Å²) in [5.74, 6) is 0.311. The van der Waals surface area contributed by atoms with Crippen molar-refractivity contribution < 1.29 is 5.11 Å². The third kappa shape index (κ3) is 4.30. The quantitative estimate of drug-likeness (QED) is 0.705. The van der Waals surface area contributed by atoms with Crippen molar-refractivity contribution in [3.63, 3.8) is 0 Å². The Morgan fingerprint density at radius 2 is 2.00 bits per heavy atom. The Balaban J connectivity index is 2.25. The minimum atomic E-state index is -0.360. The van der Waals surface area contributed by atoms with E-state index in [1.807, 2.05) is 6.07 Å². The Bertz CT molecular complexity index is 279. The van der Waals surface area contributed by atoms with Crippen LogP contribution in [0.15, 0.2) is 43.0 Å². The predicted octanol–water partition coefficient (Wildman–Crippen LogP) is 3.19. The fourth-order valence-corrected chi connectivity index (χ4v) is 1.68. The van der Waals surface area contributed by atoms with E-state index in [-0.39, 0.29) is 6.10 Å². The highest BCUT2D eigenvalue weighted by Gasteiger charge is 2.09. The summed E-state index contributed by atoms with van der Waals surface area (Å²) in [4.78, 5) is 0. The molecule has 1 heteroatoms. The van der Waals surface area contributed by atoms with Gasteiger partial charge in [-0.25, -0.2) is 0 Å². The largest absolute Gasteiger partial charge is 0.389 e. The Kier molecular flexibility index (Phi) is 5.13. The molecule has 0 aliphatic rings. The van der Waals surface area contributed by atoms with Crippen LogP contribution in [0.1, 0.15) is 25.3 Å². The van der Waals surface area contributed by atoms with Gasteiger partial charge in [-0.3, -0.25) is 0 Å². The second-order valence-corrected chi connectivity index (χ2v) is 4.08. The molecule has 2 atom stereocenters. The maximum Gasteiger partial charge on any atom is 0.0743 e. The number of benzene rings is 1. The molecule has 0 spiro atoms. The lowest BCUT2D eigenvalue weighted by molar-refractivity contribution is 0.155. The van der Waals surface area contributed by atoms with E-state index in [4.69, 9.17) is 0 Å². The van der Waals surface area contributed by atoms with Crippen LogP contribution in [-0.4, -0.2) is 11.2 Å². The molecular formula is C14H20O. The van der Waals surface area contributed by atoms with Crippen molar-refractivity contribution in [1.29, 1.82) is 0 Å². The molecule has 1 aromatic rings. The lowest BCUT2D eigenvalue weighted by Gasteiger charge is -2.14. The summed E-state index contributed by atoms with van der Waals surface area (Å²) in [5.41, 5.74) is 1.37. The molecule has 1 N–H and O–H groups in total. The van der Waals surface area contributed by atoms with Crippen molar-refractivity contribution in [3.05, 3.63) is 48.6 Å². The van der Waals surface area contributed by atoms with E-state index in [2.05, 4.69) is 37.8 Å². The van der Waals surface area contributed by atoms with E-state index in [0.717, 1.165) is 19.3 Å². The highest BCUT2D eigenvalue weighted by atomic mass is 16.3. The van der Waals surface area contributed by atoms with Gasteiger partial charge in [-0.1, -0.05) is 43.3 Å². The summed E-state index contributed by atoms with van der Waals surface area (Å²) < 4.78 is 0. The van der Waals surface area contributed by atoms with Gasteiger partial charge < -0.3 is 5.11 Å². The van der Waals surface area contributed by atoms with E-state index in [1.54, 1.807) is 6.08 Å². The highest BCUT2D eigenvalue weighted by molar-refractivity contribution is 5.14. The van der Waals surface area contributed by atoms with Gasteiger partial charge in [-0.2, -0.15) is 0 Å². The van der Waals surface area contributed by atoms with Crippen molar-refractivity contribution in [2.24, 2.45) is 5.92 Å². The fraction of sp³-hybridized carbons (Fsp3) is 0.429. The number of aliphatic hydroxyl groups is 1. The fourth-order valence-electron chi connectivity index (χ4n) is 1.68. The number of hydrogen-bond donors (Lipinski definition) is 1. The van der Waals surface area contributed by atoms with Crippen LogP contribution in [0.3, 0.4) is 0 Å². The summed E-state index contributed by atoms with van der Waals surface area (Å²) in [6, 6.07) is 10.5. The molecule has 0 aliphatic carbocycles. The van der Waals surface area contributed by atoms with Crippen LogP contribution >= 0.6 is 0 Å². The molecule has 0 bridgehead atoms. The zero-order valence-corrected chi connectivity index (χ0v) is 9.39. The summed E-state index contributed by atoms with van der Waals surface area (Å²) in [7, 11) is 0. The van der Waals surface area contributed by atoms with Crippen molar-refractivity contribution in [3.8, 4) is 0 Å². The lowest BCUT2D eigenvalue weighted by Crippen LogP contribution is -2.14. The second-order valence-electron chi connectivity index (χ2n) is 4.08. The summed E-state index contributed by atoms with van der Waals surface area (Å²) in [6.45, 7) is 5.66. The third-order valence-electron chi connectivity index (χ3n) is 2.79. The number of hydrogen-bond acceptors (Lipinski definition) is 1. The van der Waals surface area contributed by atoms with Gasteiger partial charge in [-0.15, -0.1) is 6.58 Å². The van der Waals surface area contributed by atoms with E-state index >= 15 is 0 Å². The Labute approximate surface area is 92.5 Å². The van der Waals surface area contributed by atoms with Crippen molar-refractivity contribution in [2.75, 3.05) is 0 Å². The average Bonchev–Trinajstić information content (AvgIpc) is 2.29. The number of aliphatic hydroxyl groups excluding tert-OH is 1. The van der Waals surface area contributed by atoms with Crippen LogP contribution in [-0.2, 0) is 6.42 Å². The molecule has 0 aromatic heterocycles. The monoisotopic (exact) mass is 204 g/mol. The van der Waals surface area contributed by atoms with E-state index in [9.17, 15) is 5.11 Å². The molecule has 82 valence electrons. The van der Waals surface area contributed by atoms with Crippen LogP contribution in [0, 0.1) is 5.92 Å². The number of rotatable bonds is 6. The molecule has 15 heavy (non-hydrogen) atoms. The topological polar surface area (TPSA) is 20.2 Å². The molecule has 0 saturated heterocycles. The highest BCUT2D eigenvalue weighted by Crippen LogP contribution is 2.14. The summed E-state index contributed by atoms with van der Waals surface area (Å²) in [5, 5.41) is 9.51. The molecule has 0 fully saturated rings.